The normalized spacial score (nSPS) is 20.3. The maximum atomic E-state index is 13.6. The molecule has 0 aliphatic carbocycles. The molecular weight excluding hydrogens is 372 g/mol. The number of H-pyrrole nitrogens is 1. The van der Waals surface area contributed by atoms with Gasteiger partial charge in [-0.25, -0.2) is 5.01 Å². The van der Waals surface area contributed by atoms with E-state index in [1.54, 1.807) is 0 Å². The molecule has 0 saturated carbocycles. The fraction of sp³-hybridized carbons (Fsp3) is 0.160. The molecule has 5 nitrogen and oxygen atoms in total. The van der Waals surface area contributed by atoms with Gasteiger partial charge < -0.3 is 9.88 Å². The number of para-hydroxylation sites is 3. The molecule has 1 saturated heterocycles. The molecule has 2 aliphatic heterocycles. The summed E-state index contributed by atoms with van der Waals surface area (Å²) in [7, 11) is 0. The number of rotatable bonds is 3. The minimum atomic E-state index is -0.236. The molecule has 2 aliphatic rings. The molecule has 2 N–H and O–H groups in total. The zero-order chi connectivity index (χ0) is 20.1. The molecule has 1 amide bonds. The quantitative estimate of drug-likeness (QED) is 0.522. The van der Waals surface area contributed by atoms with Gasteiger partial charge in [-0.15, -0.1) is 0 Å². The van der Waals surface area contributed by atoms with Crippen LogP contribution in [0.3, 0.4) is 0 Å². The number of amides is 1. The van der Waals surface area contributed by atoms with Gasteiger partial charge in [0, 0.05) is 28.4 Å². The molecule has 0 radical (unpaired) electrons. The first-order valence-electron chi connectivity index (χ1n) is 10.4. The summed E-state index contributed by atoms with van der Waals surface area (Å²) in [4.78, 5) is 19.3. The Hall–Kier alpha value is -3.73. The lowest BCUT2D eigenvalue weighted by Gasteiger charge is -2.36. The van der Waals surface area contributed by atoms with Crippen molar-refractivity contribution in [2.45, 2.75) is 25.0 Å². The average Bonchev–Trinajstić information content (AvgIpc) is 3.34. The van der Waals surface area contributed by atoms with Crippen molar-refractivity contribution in [2.24, 2.45) is 0 Å². The number of hydrazine groups is 1. The van der Waals surface area contributed by atoms with E-state index >= 15 is 0 Å². The second-order valence-electron chi connectivity index (χ2n) is 7.94. The van der Waals surface area contributed by atoms with E-state index in [0.717, 1.165) is 40.7 Å². The molecule has 0 bridgehead atoms. The molecule has 1 fully saturated rings. The van der Waals surface area contributed by atoms with Crippen LogP contribution in [0.2, 0.25) is 0 Å². The second kappa shape index (κ2) is 6.66. The maximum Gasteiger partial charge on any atom is 0.265 e. The molecule has 30 heavy (non-hydrogen) atoms. The van der Waals surface area contributed by atoms with E-state index < -0.39 is 0 Å². The Labute approximate surface area is 174 Å². The number of nitrogens with one attached hydrogen (secondary N) is 2. The van der Waals surface area contributed by atoms with Gasteiger partial charge in [0.2, 0.25) is 0 Å². The lowest BCUT2D eigenvalue weighted by Crippen LogP contribution is -2.38. The van der Waals surface area contributed by atoms with Gasteiger partial charge in [-0.2, -0.15) is 0 Å². The molecule has 6 rings (SSSR count). The van der Waals surface area contributed by atoms with Gasteiger partial charge in [0.1, 0.15) is 6.04 Å². The molecular formula is C25H22N4O. The number of fused-ring (bicyclic) bond motifs is 4. The molecule has 148 valence electrons. The zero-order valence-electron chi connectivity index (χ0n) is 16.5. The van der Waals surface area contributed by atoms with Crippen LogP contribution in [-0.2, 0) is 11.2 Å². The van der Waals surface area contributed by atoms with Crippen LogP contribution in [0.1, 0.15) is 23.7 Å². The molecule has 5 heteroatoms. The Morgan fingerprint density at radius 1 is 0.900 bits per heavy atom. The number of benzene rings is 3. The van der Waals surface area contributed by atoms with Gasteiger partial charge in [-0.05, 0) is 42.7 Å². The third-order valence-corrected chi connectivity index (χ3v) is 6.25. The van der Waals surface area contributed by atoms with E-state index in [9.17, 15) is 4.79 Å². The highest BCUT2D eigenvalue weighted by molar-refractivity contribution is 5.94. The fourth-order valence-electron chi connectivity index (χ4n) is 4.89. The van der Waals surface area contributed by atoms with Crippen LogP contribution >= 0.6 is 0 Å². The minimum absolute atomic E-state index is 0.114. The highest BCUT2D eigenvalue weighted by Crippen LogP contribution is 2.45. The summed E-state index contributed by atoms with van der Waals surface area (Å²) >= 11 is 0. The van der Waals surface area contributed by atoms with E-state index in [-0.39, 0.29) is 18.1 Å². The maximum absolute atomic E-state index is 13.6. The molecule has 3 aromatic carbocycles. The first kappa shape index (κ1) is 17.2. The molecule has 3 heterocycles. The van der Waals surface area contributed by atoms with Crippen molar-refractivity contribution in [1.29, 1.82) is 0 Å². The minimum Gasteiger partial charge on any atom is -0.361 e. The molecule has 1 aromatic heterocycles. The number of anilines is 2. The smallest absolute Gasteiger partial charge is 0.265 e. The first-order valence-corrected chi connectivity index (χ1v) is 10.4. The van der Waals surface area contributed by atoms with Gasteiger partial charge in [0.15, 0.2) is 6.17 Å². The van der Waals surface area contributed by atoms with Crippen LogP contribution in [0.15, 0.2) is 85.1 Å². The third kappa shape index (κ3) is 2.52. The van der Waals surface area contributed by atoms with Gasteiger partial charge in [-0.3, -0.25) is 10.2 Å². The van der Waals surface area contributed by atoms with Crippen molar-refractivity contribution in [1.82, 2.24) is 9.99 Å². The Balaban J connectivity index is 1.53. The lowest BCUT2D eigenvalue weighted by molar-refractivity contribution is -0.128. The van der Waals surface area contributed by atoms with Crippen molar-refractivity contribution in [3.05, 3.63) is 96.2 Å². The number of hydrogen-bond acceptors (Lipinski definition) is 3. The van der Waals surface area contributed by atoms with Gasteiger partial charge >= 0.3 is 0 Å². The van der Waals surface area contributed by atoms with Crippen LogP contribution in [0.25, 0.3) is 10.9 Å². The second-order valence-corrected chi connectivity index (χ2v) is 7.94. The Bertz CT molecular complexity index is 1230. The number of aromatic amines is 1. The van der Waals surface area contributed by atoms with Gasteiger partial charge in [0.05, 0.1) is 5.69 Å². The summed E-state index contributed by atoms with van der Waals surface area (Å²) in [5.74, 6) is 0.114. The SMILES string of the molecule is O=C1[C@@H]2CCc3ccccc3N2C(c2c[nH]c3ccccc23)N1Nc1ccccc1. The summed E-state index contributed by atoms with van der Waals surface area (Å²) < 4.78 is 0. The van der Waals surface area contributed by atoms with Crippen molar-refractivity contribution in [3.8, 4) is 0 Å². The third-order valence-electron chi connectivity index (χ3n) is 6.25. The number of hydrogen-bond donors (Lipinski definition) is 2. The number of aromatic nitrogens is 1. The summed E-state index contributed by atoms with van der Waals surface area (Å²) in [5.41, 5.74) is 8.94. The van der Waals surface area contributed by atoms with Crippen LogP contribution in [0, 0.1) is 0 Å². The summed E-state index contributed by atoms with van der Waals surface area (Å²) in [6.07, 6.45) is 3.55. The highest BCUT2D eigenvalue weighted by Gasteiger charge is 2.49. The summed E-state index contributed by atoms with van der Waals surface area (Å²) in [6.45, 7) is 0. The monoisotopic (exact) mass is 394 g/mol. The van der Waals surface area contributed by atoms with Crippen molar-refractivity contribution < 1.29 is 4.79 Å². The topological polar surface area (TPSA) is 51.4 Å². The Morgan fingerprint density at radius 3 is 2.57 bits per heavy atom. The molecule has 2 atom stereocenters. The Morgan fingerprint density at radius 2 is 1.67 bits per heavy atom. The highest BCUT2D eigenvalue weighted by atomic mass is 16.2. The van der Waals surface area contributed by atoms with E-state index in [4.69, 9.17) is 0 Å². The number of nitrogens with zero attached hydrogens (tertiary/aromatic N) is 2. The number of aryl methyl sites for hydroxylation is 1. The van der Waals surface area contributed by atoms with Crippen LogP contribution in [-0.4, -0.2) is 21.9 Å². The van der Waals surface area contributed by atoms with E-state index in [2.05, 4.69) is 51.7 Å². The number of carbonyl (C=O) groups is 1. The fourth-order valence-corrected chi connectivity index (χ4v) is 4.89. The van der Waals surface area contributed by atoms with Gasteiger partial charge in [0.25, 0.3) is 5.91 Å². The molecule has 0 spiro atoms. The van der Waals surface area contributed by atoms with Crippen molar-refractivity contribution in [2.75, 3.05) is 10.3 Å². The van der Waals surface area contributed by atoms with E-state index in [1.807, 2.05) is 53.7 Å². The van der Waals surface area contributed by atoms with E-state index in [0.29, 0.717) is 0 Å². The van der Waals surface area contributed by atoms with Crippen molar-refractivity contribution in [3.63, 3.8) is 0 Å². The predicted molar refractivity (Wildman–Crippen MR) is 119 cm³/mol. The first-order chi connectivity index (χ1) is 14.8. The van der Waals surface area contributed by atoms with Gasteiger partial charge in [-0.1, -0.05) is 54.6 Å². The van der Waals surface area contributed by atoms with Crippen LogP contribution in [0.5, 0.6) is 0 Å². The lowest BCUT2D eigenvalue weighted by atomic mass is 9.95. The average molecular weight is 394 g/mol. The van der Waals surface area contributed by atoms with Crippen LogP contribution < -0.4 is 10.3 Å². The summed E-state index contributed by atoms with van der Waals surface area (Å²) in [5, 5.41) is 2.96. The molecule has 4 aromatic rings. The van der Waals surface area contributed by atoms with Crippen molar-refractivity contribution >= 4 is 28.2 Å². The molecule has 1 unspecified atom stereocenters. The number of carbonyl (C=O) groups excluding carboxylic acids is 1. The Kier molecular flexibility index (Phi) is 3.81. The largest absolute Gasteiger partial charge is 0.361 e. The summed E-state index contributed by atoms with van der Waals surface area (Å²) in [6, 6.07) is 26.5. The zero-order valence-corrected chi connectivity index (χ0v) is 16.5. The predicted octanol–water partition coefficient (Wildman–Crippen LogP) is 4.86. The van der Waals surface area contributed by atoms with Crippen LogP contribution in [0.4, 0.5) is 11.4 Å². The standard InChI is InChI=1S/C25H22N4O/c30-25-23-15-14-17-8-4-7-13-22(17)28(23)24(29(25)27-18-9-2-1-3-10-18)20-16-26-21-12-6-5-11-19(20)21/h1-13,16,23-24,26-27H,14-15H2/t23-,24?/m0/s1. The van der Waals surface area contributed by atoms with E-state index in [1.165, 1.54) is 5.56 Å².